The van der Waals surface area contributed by atoms with Crippen LogP contribution >= 0.6 is 0 Å². The van der Waals surface area contributed by atoms with Gasteiger partial charge in [0.05, 0.1) is 9.79 Å². The number of sulfone groups is 2. The van der Waals surface area contributed by atoms with Crippen molar-refractivity contribution in [1.82, 2.24) is 0 Å². The Hall–Kier alpha value is -2.06. The Kier molecular flexibility index (Phi) is 4.98. The Morgan fingerprint density at radius 2 is 1.38 bits per heavy atom. The van der Waals surface area contributed by atoms with Gasteiger partial charge in [0.1, 0.15) is 11.6 Å². The van der Waals surface area contributed by atoms with E-state index in [9.17, 15) is 26.0 Å². The highest BCUT2D eigenvalue weighted by molar-refractivity contribution is 8.09. The maximum absolute atomic E-state index is 13.2. The SMILES string of the molecule is O=C1CCC(C(S(=O)(=O)c2ccccc2)S(=O)(=O)c2ccc(F)cc2)C1. The molecule has 0 amide bonds. The first-order valence-corrected chi connectivity index (χ1v) is 11.1. The van der Waals surface area contributed by atoms with Gasteiger partial charge in [-0.3, -0.25) is 4.79 Å². The van der Waals surface area contributed by atoms with Crippen LogP contribution in [0.2, 0.25) is 0 Å². The predicted octanol–water partition coefficient (Wildman–Crippen LogP) is 2.77. The first-order valence-electron chi connectivity index (χ1n) is 8.03. The molecule has 2 aromatic rings. The largest absolute Gasteiger partial charge is 0.300 e. The van der Waals surface area contributed by atoms with Gasteiger partial charge in [-0.2, -0.15) is 0 Å². The molecule has 0 saturated heterocycles. The summed E-state index contributed by atoms with van der Waals surface area (Å²) in [5, 5.41) is 0. The summed E-state index contributed by atoms with van der Waals surface area (Å²) in [6.45, 7) is 0. The number of benzene rings is 2. The minimum Gasteiger partial charge on any atom is -0.300 e. The maximum atomic E-state index is 13.2. The smallest absolute Gasteiger partial charge is 0.196 e. The zero-order valence-electron chi connectivity index (χ0n) is 13.7. The molecule has 2 unspecified atom stereocenters. The second-order valence-electron chi connectivity index (χ2n) is 6.27. The van der Waals surface area contributed by atoms with E-state index in [1.807, 2.05) is 0 Å². The van der Waals surface area contributed by atoms with Crippen molar-refractivity contribution in [1.29, 1.82) is 0 Å². The van der Waals surface area contributed by atoms with Gasteiger partial charge in [0.25, 0.3) is 0 Å². The second kappa shape index (κ2) is 6.92. The van der Waals surface area contributed by atoms with Gasteiger partial charge in [0.15, 0.2) is 24.3 Å². The lowest BCUT2D eigenvalue weighted by atomic mass is 10.1. The highest BCUT2D eigenvalue weighted by Gasteiger charge is 2.47. The summed E-state index contributed by atoms with van der Waals surface area (Å²) in [4.78, 5) is 11.3. The van der Waals surface area contributed by atoms with Crippen LogP contribution in [0.25, 0.3) is 0 Å². The van der Waals surface area contributed by atoms with Gasteiger partial charge in [-0.15, -0.1) is 0 Å². The van der Waals surface area contributed by atoms with E-state index >= 15 is 0 Å². The van der Waals surface area contributed by atoms with Crippen molar-refractivity contribution in [3.05, 3.63) is 60.4 Å². The highest BCUT2D eigenvalue weighted by Crippen LogP contribution is 2.37. The second-order valence-corrected chi connectivity index (χ2v) is 10.7. The van der Waals surface area contributed by atoms with Gasteiger partial charge in [0, 0.05) is 12.8 Å². The van der Waals surface area contributed by atoms with E-state index in [0.29, 0.717) is 0 Å². The third kappa shape index (κ3) is 3.43. The molecule has 1 aliphatic carbocycles. The van der Waals surface area contributed by atoms with Crippen molar-refractivity contribution in [3.8, 4) is 0 Å². The van der Waals surface area contributed by atoms with Crippen LogP contribution in [0, 0.1) is 11.7 Å². The summed E-state index contributed by atoms with van der Waals surface area (Å²) in [5.41, 5.74) is 0. The Labute approximate surface area is 151 Å². The molecule has 2 aromatic carbocycles. The van der Waals surface area contributed by atoms with Crippen LogP contribution in [0.4, 0.5) is 4.39 Å². The highest BCUT2D eigenvalue weighted by atomic mass is 32.3. The topological polar surface area (TPSA) is 85.3 Å². The van der Waals surface area contributed by atoms with Crippen LogP contribution in [-0.4, -0.2) is 27.2 Å². The molecule has 3 rings (SSSR count). The summed E-state index contributed by atoms with van der Waals surface area (Å²) in [6, 6.07) is 11.4. The Bertz CT molecular complexity index is 1010. The van der Waals surface area contributed by atoms with Crippen molar-refractivity contribution in [2.45, 2.75) is 33.6 Å². The fourth-order valence-corrected chi connectivity index (χ4v) is 8.32. The molecule has 0 heterocycles. The predicted molar refractivity (Wildman–Crippen MR) is 93.3 cm³/mol. The van der Waals surface area contributed by atoms with Crippen molar-refractivity contribution in [2.24, 2.45) is 5.92 Å². The molecule has 0 aliphatic heterocycles. The number of Topliss-reactive ketones (excluding diaryl/α,β-unsaturated/α-hetero) is 1. The molecule has 8 heteroatoms. The number of halogens is 1. The molecular formula is C18H17FO5S2. The van der Waals surface area contributed by atoms with Crippen LogP contribution in [0.5, 0.6) is 0 Å². The van der Waals surface area contributed by atoms with Crippen LogP contribution in [0.1, 0.15) is 19.3 Å². The normalized spacial score (nSPS) is 19.4. The van der Waals surface area contributed by atoms with Gasteiger partial charge in [-0.1, -0.05) is 18.2 Å². The summed E-state index contributed by atoms with van der Waals surface area (Å²) in [6.07, 6.45) is 0.248. The molecule has 0 bridgehead atoms. The van der Waals surface area contributed by atoms with Crippen molar-refractivity contribution >= 4 is 25.5 Å². The van der Waals surface area contributed by atoms with Crippen LogP contribution in [-0.2, 0) is 24.5 Å². The summed E-state index contributed by atoms with van der Waals surface area (Å²) in [5.74, 6) is -1.61. The molecule has 1 aliphatic rings. The Morgan fingerprint density at radius 3 is 1.88 bits per heavy atom. The molecular weight excluding hydrogens is 379 g/mol. The van der Waals surface area contributed by atoms with E-state index in [1.54, 1.807) is 6.07 Å². The number of carbonyl (C=O) groups excluding carboxylic acids is 1. The van der Waals surface area contributed by atoms with Crippen molar-refractivity contribution < 1.29 is 26.0 Å². The lowest BCUT2D eigenvalue weighted by Crippen LogP contribution is -2.37. The molecule has 1 saturated carbocycles. The standard InChI is InChI=1S/C18H17FO5S2/c19-14-7-10-17(11-8-14)26(23,24)18(13-6-9-15(20)12-13)25(21,22)16-4-2-1-3-5-16/h1-5,7-8,10-11,13,18H,6,9,12H2. The fourth-order valence-electron chi connectivity index (χ4n) is 3.25. The molecule has 26 heavy (non-hydrogen) atoms. The van der Waals surface area contributed by atoms with Gasteiger partial charge in [-0.25, -0.2) is 21.2 Å². The summed E-state index contributed by atoms with van der Waals surface area (Å²) < 4.78 is 64.0. The van der Waals surface area contributed by atoms with Crippen LogP contribution < -0.4 is 0 Å². The molecule has 138 valence electrons. The van der Waals surface area contributed by atoms with Crippen molar-refractivity contribution in [2.75, 3.05) is 0 Å². The van der Waals surface area contributed by atoms with E-state index < -0.39 is 36.0 Å². The van der Waals surface area contributed by atoms with E-state index in [4.69, 9.17) is 0 Å². The molecule has 0 spiro atoms. The molecule has 5 nitrogen and oxygen atoms in total. The minimum atomic E-state index is -4.34. The lowest BCUT2D eigenvalue weighted by molar-refractivity contribution is -0.117. The molecule has 2 atom stereocenters. The molecule has 0 aromatic heterocycles. The van der Waals surface area contributed by atoms with E-state index in [0.717, 1.165) is 24.3 Å². The summed E-state index contributed by atoms with van der Waals surface area (Å²) in [7, 11) is -8.60. The number of rotatable bonds is 5. The third-order valence-electron chi connectivity index (χ3n) is 4.49. The quantitative estimate of drug-likeness (QED) is 0.726. The van der Waals surface area contributed by atoms with Crippen molar-refractivity contribution in [3.63, 3.8) is 0 Å². The van der Waals surface area contributed by atoms with Gasteiger partial charge < -0.3 is 0 Å². The van der Waals surface area contributed by atoms with Gasteiger partial charge in [0.2, 0.25) is 0 Å². The van der Waals surface area contributed by atoms with Gasteiger partial charge >= 0.3 is 0 Å². The average Bonchev–Trinajstić information content (AvgIpc) is 3.01. The first-order chi connectivity index (χ1) is 12.2. The van der Waals surface area contributed by atoms with E-state index in [2.05, 4.69) is 0 Å². The Balaban J connectivity index is 2.15. The molecule has 1 fully saturated rings. The zero-order valence-corrected chi connectivity index (χ0v) is 15.3. The van der Waals surface area contributed by atoms with E-state index in [-0.39, 0.29) is 34.8 Å². The lowest BCUT2D eigenvalue weighted by Gasteiger charge is -2.23. The zero-order chi connectivity index (χ0) is 18.9. The third-order valence-corrected chi connectivity index (χ3v) is 9.87. The van der Waals surface area contributed by atoms with Gasteiger partial charge in [-0.05, 0) is 48.7 Å². The average molecular weight is 396 g/mol. The Morgan fingerprint density at radius 1 is 0.846 bits per heavy atom. The minimum absolute atomic E-state index is 0.100. The van der Waals surface area contributed by atoms with Crippen LogP contribution in [0.3, 0.4) is 0 Å². The number of ketones is 1. The molecule has 0 N–H and O–H groups in total. The van der Waals surface area contributed by atoms with E-state index in [1.165, 1.54) is 24.3 Å². The molecule has 0 radical (unpaired) electrons. The fraction of sp³-hybridized carbons (Fsp3) is 0.278. The monoisotopic (exact) mass is 396 g/mol. The maximum Gasteiger partial charge on any atom is 0.196 e. The number of carbonyl (C=O) groups is 1. The first kappa shape index (κ1) is 18.7. The number of hydrogen-bond donors (Lipinski definition) is 0. The summed E-state index contributed by atoms with van der Waals surface area (Å²) >= 11 is 0. The number of hydrogen-bond acceptors (Lipinski definition) is 5. The van der Waals surface area contributed by atoms with Crippen LogP contribution in [0.15, 0.2) is 64.4 Å².